The van der Waals surface area contributed by atoms with E-state index in [1.807, 2.05) is 72.1 Å². The quantitative estimate of drug-likeness (QED) is 0.593. The number of hydrogen-bond acceptors (Lipinski definition) is 6. The minimum Gasteiger partial charge on any atom is -0.455 e. The number of carbonyl (C=O) groups excluding carboxylic acids is 1. The summed E-state index contributed by atoms with van der Waals surface area (Å²) in [6.45, 7) is 0.217. The zero-order valence-corrected chi connectivity index (χ0v) is 15.3. The van der Waals surface area contributed by atoms with Crippen LogP contribution in [0.3, 0.4) is 0 Å². The third-order valence-corrected chi connectivity index (χ3v) is 7.82. The van der Waals surface area contributed by atoms with E-state index in [0.717, 1.165) is 15.2 Å². The van der Waals surface area contributed by atoms with Crippen LogP contribution in [0.1, 0.15) is 25.5 Å². The Balaban J connectivity index is 1.40. The normalized spacial score (nSPS) is 15.0. The molecule has 2 aromatic carbocycles. The number of hydrogen-bond donors (Lipinski definition) is 0. The van der Waals surface area contributed by atoms with Crippen LogP contribution in [-0.2, 0) is 11.3 Å². The van der Waals surface area contributed by atoms with Crippen molar-refractivity contribution in [1.82, 2.24) is 4.98 Å². The van der Waals surface area contributed by atoms with Gasteiger partial charge in [-0.15, -0.1) is 34.9 Å². The third kappa shape index (κ3) is 3.45. The molecule has 4 rings (SSSR count). The fraction of sp³-hybridized carbons (Fsp3) is 0.222. The molecular weight excluding hydrogens is 358 g/mol. The Labute approximate surface area is 152 Å². The number of thiazole rings is 1. The molecule has 122 valence electrons. The van der Waals surface area contributed by atoms with Crippen LogP contribution in [0, 0.1) is 0 Å². The molecule has 0 radical (unpaired) electrons. The predicted octanol–water partition coefficient (Wildman–Crippen LogP) is 5.13. The average molecular weight is 374 g/mol. The van der Waals surface area contributed by atoms with E-state index in [-0.39, 0.29) is 12.6 Å². The molecule has 1 aromatic heterocycles. The van der Waals surface area contributed by atoms with Crippen LogP contribution in [0.25, 0.3) is 10.2 Å². The van der Waals surface area contributed by atoms with Gasteiger partial charge >= 0.3 is 5.97 Å². The standard InChI is InChI=1S/C18H15NO2S3/c20-17(12-5-7-13(8-6-12)18-22-9-10-23-18)21-11-16-19-14-3-1-2-4-15(14)24-16/h1-8,18H,9-11H2. The van der Waals surface area contributed by atoms with Crippen molar-refractivity contribution in [2.75, 3.05) is 11.5 Å². The molecule has 1 aliphatic rings. The number of esters is 1. The van der Waals surface area contributed by atoms with Crippen LogP contribution in [0.4, 0.5) is 0 Å². The first-order valence-electron chi connectivity index (χ1n) is 7.64. The summed E-state index contributed by atoms with van der Waals surface area (Å²) in [4.78, 5) is 16.7. The number of fused-ring (bicyclic) bond motifs is 1. The van der Waals surface area contributed by atoms with Crippen LogP contribution in [0.15, 0.2) is 48.5 Å². The molecule has 1 saturated heterocycles. The first-order valence-corrected chi connectivity index (χ1v) is 10.6. The van der Waals surface area contributed by atoms with Crippen molar-refractivity contribution in [3.05, 3.63) is 64.7 Å². The van der Waals surface area contributed by atoms with Crippen molar-refractivity contribution in [3.8, 4) is 0 Å². The van der Waals surface area contributed by atoms with Gasteiger partial charge in [-0.05, 0) is 29.8 Å². The molecule has 0 saturated carbocycles. The van der Waals surface area contributed by atoms with E-state index in [9.17, 15) is 4.79 Å². The molecule has 3 nitrogen and oxygen atoms in total. The molecule has 0 unspecified atom stereocenters. The molecule has 2 heterocycles. The molecule has 0 atom stereocenters. The maximum absolute atomic E-state index is 12.2. The molecule has 0 aliphatic carbocycles. The maximum atomic E-state index is 12.2. The van der Waals surface area contributed by atoms with Gasteiger partial charge in [0.2, 0.25) is 0 Å². The van der Waals surface area contributed by atoms with Crippen molar-refractivity contribution in [2.45, 2.75) is 11.2 Å². The molecule has 0 bridgehead atoms. The lowest BCUT2D eigenvalue weighted by atomic mass is 10.1. The van der Waals surface area contributed by atoms with Crippen LogP contribution in [-0.4, -0.2) is 22.5 Å². The molecule has 6 heteroatoms. The van der Waals surface area contributed by atoms with Gasteiger partial charge in [-0.25, -0.2) is 9.78 Å². The number of para-hydroxylation sites is 1. The van der Waals surface area contributed by atoms with Crippen LogP contribution >= 0.6 is 34.9 Å². The summed E-state index contributed by atoms with van der Waals surface area (Å²) in [6.07, 6.45) is 0. The Bertz CT molecular complexity index is 821. The second-order valence-corrected chi connectivity index (χ2v) is 9.19. The van der Waals surface area contributed by atoms with Gasteiger partial charge in [0.25, 0.3) is 0 Å². The second kappa shape index (κ2) is 7.17. The van der Waals surface area contributed by atoms with Crippen molar-refractivity contribution >= 4 is 51.0 Å². The zero-order valence-electron chi connectivity index (χ0n) is 12.8. The Morgan fingerprint density at radius 2 is 1.83 bits per heavy atom. The van der Waals surface area contributed by atoms with Gasteiger partial charge in [0.1, 0.15) is 11.6 Å². The number of rotatable bonds is 4. The Kier molecular flexibility index (Phi) is 4.78. The summed E-state index contributed by atoms with van der Waals surface area (Å²) < 4.78 is 7.02. The lowest BCUT2D eigenvalue weighted by molar-refractivity contribution is 0.0472. The van der Waals surface area contributed by atoms with E-state index in [1.165, 1.54) is 17.1 Å². The molecule has 1 fully saturated rings. The average Bonchev–Trinajstić information content (AvgIpc) is 3.29. The highest BCUT2D eigenvalue weighted by Crippen LogP contribution is 2.45. The van der Waals surface area contributed by atoms with Gasteiger partial charge in [-0.1, -0.05) is 24.3 Å². The highest BCUT2D eigenvalue weighted by atomic mass is 32.2. The van der Waals surface area contributed by atoms with E-state index in [2.05, 4.69) is 4.98 Å². The smallest absolute Gasteiger partial charge is 0.338 e. The van der Waals surface area contributed by atoms with Gasteiger partial charge < -0.3 is 4.74 Å². The van der Waals surface area contributed by atoms with Gasteiger partial charge in [-0.2, -0.15) is 0 Å². The molecular formula is C18H15NO2S3. The molecule has 1 aliphatic heterocycles. The summed E-state index contributed by atoms with van der Waals surface area (Å²) in [5.74, 6) is 2.09. The second-order valence-electron chi connectivity index (χ2n) is 5.35. The van der Waals surface area contributed by atoms with Crippen LogP contribution in [0.2, 0.25) is 0 Å². The maximum Gasteiger partial charge on any atom is 0.338 e. The highest BCUT2D eigenvalue weighted by Gasteiger charge is 2.18. The largest absolute Gasteiger partial charge is 0.455 e. The number of aromatic nitrogens is 1. The predicted molar refractivity (Wildman–Crippen MR) is 103 cm³/mol. The van der Waals surface area contributed by atoms with E-state index in [0.29, 0.717) is 10.1 Å². The Hall–Kier alpha value is -1.50. The number of ether oxygens (including phenoxy) is 1. The summed E-state index contributed by atoms with van der Waals surface area (Å²) in [7, 11) is 0. The van der Waals surface area contributed by atoms with E-state index < -0.39 is 0 Å². The van der Waals surface area contributed by atoms with Gasteiger partial charge in [0.05, 0.1) is 20.4 Å². The van der Waals surface area contributed by atoms with Gasteiger partial charge in [0, 0.05) is 11.5 Å². The van der Waals surface area contributed by atoms with Gasteiger partial charge in [-0.3, -0.25) is 0 Å². The van der Waals surface area contributed by atoms with Crippen molar-refractivity contribution in [2.24, 2.45) is 0 Å². The summed E-state index contributed by atoms with van der Waals surface area (Å²) in [5.41, 5.74) is 2.81. The number of benzene rings is 2. The van der Waals surface area contributed by atoms with E-state index >= 15 is 0 Å². The fourth-order valence-corrected chi connectivity index (χ4v) is 6.26. The first-order chi connectivity index (χ1) is 11.8. The number of carbonyl (C=O) groups is 1. The third-order valence-electron chi connectivity index (χ3n) is 3.71. The molecule has 24 heavy (non-hydrogen) atoms. The molecule has 0 amide bonds. The van der Waals surface area contributed by atoms with E-state index in [4.69, 9.17) is 4.74 Å². The van der Waals surface area contributed by atoms with Crippen molar-refractivity contribution in [1.29, 1.82) is 0 Å². The monoisotopic (exact) mass is 373 g/mol. The van der Waals surface area contributed by atoms with Crippen molar-refractivity contribution < 1.29 is 9.53 Å². The number of thioether (sulfide) groups is 2. The van der Waals surface area contributed by atoms with Crippen molar-refractivity contribution in [3.63, 3.8) is 0 Å². The Morgan fingerprint density at radius 1 is 1.08 bits per heavy atom. The lowest BCUT2D eigenvalue weighted by Crippen LogP contribution is -2.05. The number of nitrogens with zero attached hydrogens (tertiary/aromatic N) is 1. The summed E-state index contributed by atoms with van der Waals surface area (Å²) in [6, 6.07) is 15.7. The lowest BCUT2D eigenvalue weighted by Gasteiger charge is -2.09. The summed E-state index contributed by atoms with van der Waals surface area (Å²) in [5, 5.41) is 0.819. The molecule has 3 aromatic rings. The van der Waals surface area contributed by atoms with E-state index in [1.54, 1.807) is 11.3 Å². The fourth-order valence-electron chi connectivity index (χ4n) is 2.52. The first kappa shape index (κ1) is 16.0. The topological polar surface area (TPSA) is 39.2 Å². The highest BCUT2D eigenvalue weighted by molar-refractivity contribution is 8.19. The van der Waals surface area contributed by atoms with Crippen LogP contribution < -0.4 is 0 Å². The minimum atomic E-state index is -0.299. The molecule has 0 spiro atoms. The molecule has 0 N–H and O–H groups in total. The zero-order chi connectivity index (χ0) is 16.4. The minimum absolute atomic E-state index is 0.217. The van der Waals surface area contributed by atoms with Crippen LogP contribution in [0.5, 0.6) is 0 Å². The van der Waals surface area contributed by atoms with Gasteiger partial charge in [0.15, 0.2) is 0 Å². The summed E-state index contributed by atoms with van der Waals surface area (Å²) >= 11 is 5.48. The Morgan fingerprint density at radius 3 is 2.58 bits per heavy atom. The SMILES string of the molecule is O=C(OCc1nc2ccccc2s1)c1ccc(C2SCCS2)cc1.